The third-order valence-electron chi connectivity index (χ3n) is 2.11. The van der Waals surface area contributed by atoms with E-state index in [0.29, 0.717) is 11.3 Å². The maximum absolute atomic E-state index is 10.8. The van der Waals surface area contributed by atoms with Crippen LogP contribution in [0, 0.1) is 4.91 Å². The quantitative estimate of drug-likeness (QED) is 0.642. The monoisotopic (exact) mass is 224 g/mol. The molecule has 0 aliphatic heterocycles. The molecule has 16 heavy (non-hydrogen) atoms. The summed E-state index contributed by atoms with van der Waals surface area (Å²) in [5.74, 6) is -3.48. The molecule has 0 saturated heterocycles. The lowest BCUT2D eigenvalue weighted by atomic mass is 9.96. The molecule has 1 atom stereocenters. The molecule has 0 fully saturated rings. The topological polar surface area (TPSA) is 106 Å². The van der Waals surface area contributed by atoms with Crippen LogP contribution in [0.5, 0.6) is 0 Å². The van der Waals surface area contributed by atoms with Gasteiger partial charge >= 0.3 is 11.9 Å². The van der Waals surface area contributed by atoms with Crippen LogP contribution in [-0.4, -0.2) is 22.2 Å². The summed E-state index contributed by atoms with van der Waals surface area (Å²) in [5, 5.41) is 19.1. The number of carboxylic acids is 2. The summed E-state index contributed by atoms with van der Waals surface area (Å²) in [4.78, 5) is 31.6. The Bertz CT molecular complexity index is 412. The largest absolute Gasteiger partial charge is 0.481 e. The highest BCUT2D eigenvalue weighted by Gasteiger charge is 2.23. The van der Waals surface area contributed by atoms with E-state index < -0.39 is 24.3 Å². The first-order chi connectivity index (χ1) is 7.54. The maximum Gasteiger partial charge on any atom is 0.311 e. The van der Waals surface area contributed by atoms with Gasteiger partial charge in [0.05, 0.1) is 12.3 Å². The molecule has 0 spiro atoms. The number of hydrogen-bond donors (Lipinski definition) is 3. The van der Waals surface area contributed by atoms with Crippen molar-refractivity contribution in [2.45, 2.75) is 12.3 Å². The van der Waals surface area contributed by atoms with E-state index in [2.05, 4.69) is 0 Å². The minimum atomic E-state index is -1.20. The molecule has 3 N–H and O–H groups in total. The third kappa shape index (κ3) is 2.88. The number of benzene rings is 1. The van der Waals surface area contributed by atoms with Crippen molar-refractivity contribution in [3.8, 4) is 0 Å². The van der Waals surface area contributed by atoms with E-state index in [9.17, 15) is 14.5 Å². The molecule has 0 bridgehead atoms. The van der Waals surface area contributed by atoms with E-state index >= 15 is 0 Å². The minimum absolute atomic E-state index is 0.295. The summed E-state index contributed by atoms with van der Waals surface area (Å²) < 4.78 is 0. The van der Waals surface area contributed by atoms with Gasteiger partial charge < -0.3 is 10.2 Å². The Morgan fingerprint density at radius 2 is 1.75 bits per heavy atom. The Hall–Kier alpha value is -2.24. The number of carboxylic acid groups (broad SMARTS) is 2. The summed E-state index contributed by atoms with van der Waals surface area (Å²) in [6.07, 6.45) is -0.487. The van der Waals surface area contributed by atoms with E-state index in [-0.39, 0.29) is 0 Å². The van der Waals surface area contributed by atoms with E-state index in [1.165, 1.54) is 24.3 Å². The van der Waals surface area contributed by atoms with E-state index in [0.717, 1.165) is 0 Å². The fraction of sp³-hybridized carbons (Fsp3) is 0.200. The average molecular weight is 224 g/mol. The maximum atomic E-state index is 10.8. The van der Waals surface area contributed by atoms with Crippen molar-refractivity contribution >= 4 is 17.6 Å². The average Bonchev–Trinajstić information content (AvgIpc) is 2.25. The van der Waals surface area contributed by atoms with Gasteiger partial charge in [0, 0.05) is 22.2 Å². The first-order valence-corrected chi connectivity index (χ1v) is 4.47. The fourth-order valence-corrected chi connectivity index (χ4v) is 1.31. The van der Waals surface area contributed by atoms with Gasteiger partial charge in [-0.25, -0.2) is 0 Å². The van der Waals surface area contributed by atoms with Gasteiger partial charge in [-0.1, -0.05) is 12.1 Å². The molecule has 0 radical (unpaired) electrons. The van der Waals surface area contributed by atoms with E-state index in [1.54, 1.807) is 5.18 Å². The van der Waals surface area contributed by atoms with Crippen LogP contribution in [0.2, 0.25) is 0 Å². The molecule has 0 aliphatic rings. The fourth-order valence-electron chi connectivity index (χ4n) is 1.31. The normalized spacial score (nSPS) is 11.8. The lowest BCUT2D eigenvalue weighted by Gasteiger charge is -2.09. The zero-order valence-electron chi connectivity index (χ0n) is 8.21. The number of nitrogens with one attached hydrogen (secondary N) is 1. The summed E-state index contributed by atoms with van der Waals surface area (Å²) in [6, 6.07) is 5.64. The Morgan fingerprint density at radius 1 is 1.19 bits per heavy atom. The van der Waals surface area contributed by atoms with Gasteiger partial charge in [0.25, 0.3) is 5.69 Å². The molecule has 0 amide bonds. The van der Waals surface area contributed by atoms with Crippen molar-refractivity contribution in [2.75, 3.05) is 0 Å². The molecule has 0 aromatic heterocycles. The predicted octanol–water partition coefficient (Wildman–Crippen LogP) is -0.192. The predicted molar refractivity (Wildman–Crippen MR) is 53.1 cm³/mol. The second-order valence-corrected chi connectivity index (χ2v) is 3.21. The molecule has 6 heteroatoms. The lowest BCUT2D eigenvalue weighted by Crippen LogP contribution is -2.55. The van der Waals surface area contributed by atoms with Gasteiger partial charge in [-0.3, -0.25) is 9.59 Å². The Balaban J connectivity index is 2.96. The zero-order valence-corrected chi connectivity index (χ0v) is 8.21. The number of nitroso groups, excluding NO2 is 1. The molecule has 0 heterocycles. The minimum Gasteiger partial charge on any atom is -0.481 e. The van der Waals surface area contributed by atoms with Crippen LogP contribution in [0.1, 0.15) is 17.9 Å². The van der Waals surface area contributed by atoms with Gasteiger partial charge in [0.15, 0.2) is 0 Å². The zero-order chi connectivity index (χ0) is 12.1. The molecular formula is C10H10NO5+. The van der Waals surface area contributed by atoms with E-state index in [1.807, 2.05) is 0 Å². The summed E-state index contributed by atoms with van der Waals surface area (Å²) in [7, 11) is 0. The van der Waals surface area contributed by atoms with Crippen LogP contribution < -0.4 is 5.18 Å². The summed E-state index contributed by atoms with van der Waals surface area (Å²) in [6.45, 7) is 0. The Labute approximate surface area is 90.5 Å². The van der Waals surface area contributed by atoms with Gasteiger partial charge in [0.2, 0.25) is 0 Å². The molecule has 1 unspecified atom stereocenters. The second-order valence-electron chi connectivity index (χ2n) is 3.21. The standard InChI is InChI=1S/C10H9NO5/c12-9(13)5-8(10(14)15)6-1-3-7(11-16)4-2-6/h1-4,8H,5H2,(H,12,13)(H,14,15)/p+1. The first kappa shape index (κ1) is 11.8. The molecule has 0 aliphatic carbocycles. The molecule has 1 rings (SSSR count). The summed E-state index contributed by atoms with van der Waals surface area (Å²) in [5.41, 5.74) is 0.650. The van der Waals surface area contributed by atoms with Gasteiger partial charge in [-0.05, 0) is 5.56 Å². The molecule has 0 saturated carbocycles. The highest BCUT2D eigenvalue weighted by molar-refractivity contribution is 5.82. The number of rotatable bonds is 5. The highest BCUT2D eigenvalue weighted by atomic mass is 16.4. The van der Waals surface area contributed by atoms with Crippen molar-refractivity contribution in [3.05, 3.63) is 34.7 Å². The van der Waals surface area contributed by atoms with Gasteiger partial charge in [0.1, 0.15) is 0 Å². The van der Waals surface area contributed by atoms with Crippen molar-refractivity contribution in [1.29, 1.82) is 0 Å². The van der Waals surface area contributed by atoms with Gasteiger partial charge in [-0.2, -0.15) is 0 Å². The summed E-state index contributed by atoms with van der Waals surface area (Å²) >= 11 is 0. The molecule has 6 nitrogen and oxygen atoms in total. The van der Waals surface area contributed by atoms with Crippen molar-refractivity contribution < 1.29 is 25.0 Å². The number of carbonyl (C=O) groups is 2. The van der Waals surface area contributed by atoms with Crippen LogP contribution in [0.4, 0.5) is 5.69 Å². The molecule has 1 aromatic carbocycles. The van der Waals surface area contributed by atoms with Crippen LogP contribution in [-0.2, 0) is 9.59 Å². The van der Waals surface area contributed by atoms with E-state index in [4.69, 9.17) is 10.2 Å². The van der Waals surface area contributed by atoms with Gasteiger partial charge in [-0.15, -0.1) is 0 Å². The smallest absolute Gasteiger partial charge is 0.311 e. The molecule has 84 valence electrons. The second kappa shape index (κ2) is 5.01. The SMILES string of the molecule is O=[NH+]c1ccc(C(CC(=O)O)C(=O)O)cc1. The Morgan fingerprint density at radius 3 is 2.12 bits per heavy atom. The van der Waals surface area contributed by atoms with Crippen molar-refractivity contribution in [3.63, 3.8) is 0 Å². The lowest BCUT2D eigenvalue weighted by molar-refractivity contribution is -0.379. The molecule has 1 aromatic rings. The third-order valence-corrected chi connectivity index (χ3v) is 2.11. The number of hydrogen-bond acceptors (Lipinski definition) is 3. The van der Waals surface area contributed by atoms with Crippen molar-refractivity contribution in [1.82, 2.24) is 0 Å². The first-order valence-electron chi connectivity index (χ1n) is 4.47. The van der Waals surface area contributed by atoms with Crippen LogP contribution in [0.3, 0.4) is 0 Å². The highest BCUT2D eigenvalue weighted by Crippen LogP contribution is 2.20. The van der Waals surface area contributed by atoms with Crippen molar-refractivity contribution in [2.24, 2.45) is 0 Å². The molecular weight excluding hydrogens is 214 g/mol. The van der Waals surface area contributed by atoms with Crippen LogP contribution in [0.25, 0.3) is 0 Å². The Kier molecular flexibility index (Phi) is 3.71. The van der Waals surface area contributed by atoms with Crippen LogP contribution >= 0.6 is 0 Å². The van der Waals surface area contributed by atoms with Crippen LogP contribution in [0.15, 0.2) is 24.3 Å². The number of aliphatic carboxylic acids is 2.